The molecule has 0 aromatic heterocycles. The molecule has 2 aliphatic carbocycles. The molecule has 0 fully saturated rings. The third-order valence-corrected chi connectivity index (χ3v) is 20.6. The molecule has 2 N–H and O–H groups in total. The van der Waals surface area contributed by atoms with Gasteiger partial charge in [0.2, 0.25) is 0 Å². The van der Waals surface area contributed by atoms with Crippen molar-refractivity contribution < 1.29 is 77.4 Å². The largest absolute Gasteiger partial charge is 0.493 e. The van der Waals surface area contributed by atoms with Crippen molar-refractivity contribution in [2.45, 2.75) is 236 Å². The van der Waals surface area contributed by atoms with Crippen LogP contribution in [0.5, 0.6) is 46.0 Å². The molecule has 0 amide bonds. The second-order valence-electron chi connectivity index (χ2n) is 34.8. The number of fused-ring (bicyclic) bond motifs is 16. The maximum atomic E-state index is 12.4. The Hall–Kier alpha value is -11.3. The fourth-order valence-electron chi connectivity index (χ4n) is 14.8. The van der Waals surface area contributed by atoms with Crippen LogP contribution in [-0.4, -0.2) is 94.7 Å². The molecule has 118 heavy (non-hydrogen) atoms. The standard InChI is InChI=1S/C55H76O6.C39H40N4O14/c1-16-19-58-48-35-22-37-28-44(53(7,8)9)30-39(49(37)59-20-17-2)24-41-32-46(55(13,14)15)33-42(51(41)61-34-47(56)57)25-40-31-45(54(10,11)12)29-38(50(40)60-21-18-3)23-36(48)27-43(26-35)52(4,5)6;1-4-7-54-36-23-10-25-16-32(41(48)49)18-27(37(25)55-8-5-2)12-29-20-34(43(52)53)21-30(39(29)57-22-35(44)45)13-28-19-33(42(50)51)17-26(38(28)56-9-6-3)11-24(36)15-31(14-23)40(46)47/h26-33H,16-25,34H2,1-15H3,(H,56,57);14-21H,4-13,22H2,1-3H3,(H,44,45). The molecule has 0 aliphatic heterocycles. The van der Waals surface area contributed by atoms with E-state index < -0.39 is 50.5 Å². The lowest BCUT2D eigenvalue weighted by atomic mass is 9.79. The van der Waals surface area contributed by atoms with Gasteiger partial charge in [-0.1, -0.05) is 173 Å². The van der Waals surface area contributed by atoms with E-state index in [1.165, 1.54) is 65.2 Å². The van der Waals surface area contributed by atoms with Crippen molar-refractivity contribution in [2.75, 3.05) is 52.9 Å². The van der Waals surface area contributed by atoms with E-state index in [0.717, 1.165) is 86.6 Å². The first-order valence-electron chi connectivity index (χ1n) is 41.0. The van der Waals surface area contributed by atoms with Crippen LogP contribution < -0.4 is 37.9 Å². The Kier molecular flexibility index (Phi) is 29.8. The summed E-state index contributed by atoms with van der Waals surface area (Å²) in [5, 5.41) is 69.3. The van der Waals surface area contributed by atoms with E-state index in [9.17, 15) is 60.3 Å². The van der Waals surface area contributed by atoms with Gasteiger partial charge in [0.1, 0.15) is 46.0 Å². The lowest BCUT2D eigenvalue weighted by molar-refractivity contribution is -0.385. The van der Waals surface area contributed by atoms with Gasteiger partial charge in [-0.2, -0.15) is 0 Å². The average Bonchev–Trinajstić information content (AvgIpc) is 0.763. The summed E-state index contributed by atoms with van der Waals surface area (Å²) in [6.45, 7) is 40.1. The molecular weight excluding hydrogens is 1510 g/mol. The van der Waals surface area contributed by atoms with E-state index in [4.69, 9.17) is 37.9 Å². The summed E-state index contributed by atoms with van der Waals surface area (Å²) < 4.78 is 51.7. The van der Waals surface area contributed by atoms with Gasteiger partial charge < -0.3 is 48.1 Å². The highest BCUT2D eigenvalue weighted by Crippen LogP contribution is 2.48. The number of rotatable bonds is 28. The molecule has 0 unspecified atom stereocenters. The Bertz CT molecular complexity index is 4800. The molecule has 24 heteroatoms. The highest BCUT2D eigenvalue weighted by molar-refractivity contribution is 5.70. The minimum absolute atomic E-state index is 0.0756. The quantitative estimate of drug-likeness (QED) is 0.0340. The number of ether oxygens (including phenoxy) is 8. The summed E-state index contributed by atoms with van der Waals surface area (Å²) in [6, 6.07) is 28.5. The first-order valence-corrected chi connectivity index (χ1v) is 41.0. The highest BCUT2D eigenvalue weighted by Gasteiger charge is 2.34. The molecule has 0 atom stereocenters. The van der Waals surface area contributed by atoms with Crippen LogP contribution in [0.25, 0.3) is 0 Å². The van der Waals surface area contributed by atoms with Crippen molar-refractivity contribution in [3.63, 3.8) is 0 Å². The van der Waals surface area contributed by atoms with Crippen molar-refractivity contribution in [1.29, 1.82) is 0 Å². The van der Waals surface area contributed by atoms with Crippen LogP contribution in [0, 0.1) is 40.5 Å². The number of nitrogens with zero attached hydrogens (tertiary/aromatic N) is 4. The second-order valence-corrected chi connectivity index (χ2v) is 34.8. The van der Waals surface area contributed by atoms with E-state index in [-0.39, 0.29) is 152 Å². The Morgan fingerprint density at radius 1 is 0.263 bits per heavy atom. The van der Waals surface area contributed by atoms with Gasteiger partial charge in [0.05, 0.1) is 59.3 Å². The number of nitro benzene ring substituents is 4. The zero-order valence-corrected chi connectivity index (χ0v) is 71.8. The molecule has 8 aromatic rings. The van der Waals surface area contributed by atoms with Gasteiger partial charge in [0, 0.05) is 144 Å². The highest BCUT2D eigenvalue weighted by atomic mass is 16.6. The summed E-state index contributed by atoms with van der Waals surface area (Å²) in [5.41, 5.74) is 12.9. The number of benzene rings is 8. The first-order chi connectivity index (χ1) is 55.7. The van der Waals surface area contributed by atoms with Crippen molar-refractivity contribution in [1.82, 2.24) is 0 Å². The van der Waals surface area contributed by atoms with Gasteiger partial charge in [-0.15, -0.1) is 0 Å². The second kappa shape index (κ2) is 38.8. The Balaban J connectivity index is 0.000000270. The van der Waals surface area contributed by atoms with E-state index in [1.807, 2.05) is 20.8 Å². The number of carboxylic acids is 2. The van der Waals surface area contributed by atoms with Gasteiger partial charge in [-0.25, -0.2) is 9.59 Å². The predicted octanol–water partition coefficient (Wildman–Crippen LogP) is 21.2. The number of non-ortho nitro benzene ring substituents is 4. The van der Waals surface area contributed by atoms with Crippen LogP contribution in [-0.2, 0) is 82.6 Å². The average molecular weight is 1620 g/mol. The fourth-order valence-corrected chi connectivity index (χ4v) is 14.8. The normalized spacial score (nSPS) is 12.8. The molecule has 2 aliphatic rings. The fraction of sp³-hybridized carbons (Fsp3) is 0.468. The van der Waals surface area contributed by atoms with Crippen LogP contribution in [0.4, 0.5) is 22.7 Å². The molecule has 16 bridgehead atoms. The van der Waals surface area contributed by atoms with Crippen LogP contribution in [0.2, 0.25) is 0 Å². The molecule has 0 heterocycles. The number of carboxylic acid groups (broad SMARTS) is 2. The van der Waals surface area contributed by atoms with Gasteiger partial charge in [-0.05, 0) is 127 Å². The number of hydrogen-bond donors (Lipinski definition) is 2. The van der Waals surface area contributed by atoms with Crippen LogP contribution in [0.15, 0.2) is 97.1 Å². The van der Waals surface area contributed by atoms with Gasteiger partial charge >= 0.3 is 11.9 Å². The summed E-state index contributed by atoms with van der Waals surface area (Å²) in [5.74, 6) is 1.46. The number of nitro groups is 4. The van der Waals surface area contributed by atoms with Gasteiger partial charge in [-0.3, -0.25) is 40.5 Å². The summed E-state index contributed by atoms with van der Waals surface area (Å²) in [4.78, 5) is 71.3. The molecule has 0 saturated heterocycles. The van der Waals surface area contributed by atoms with Gasteiger partial charge in [0.25, 0.3) is 22.7 Å². The Morgan fingerprint density at radius 3 is 0.500 bits per heavy atom. The molecule has 10 rings (SSSR count). The minimum Gasteiger partial charge on any atom is -0.493 e. The molecule has 0 saturated carbocycles. The van der Waals surface area contributed by atoms with Gasteiger partial charge in [0.15, 0.2) is 13.2 Å². The first kappa shape index (κ1) is 90.6. The zero-order valence-electron chi connectivity index (χ0n) is 71.8. The lowest BCUT2D eigenvalue weighted by Gasteiger charge is -2.29. The topological polar surface area (TPSA) is 321 Å². The van der Waals surface area contributed by atoms with Crippen molar-refractivity contribution >= 4 is 34.7 Å². The summed E-state index contributed by atoms with van der Waals surface area (Å²) in [7, 11) is 0. The monoisotopic (exact) mass is 1620 g/mol. The number of carbonyl (C=O) groups is 2. The van der Waals surface area contributed by atoms with Crippen LogP contribution in [0.3, 0.4) is 0 Å². The van der Waals surface area contributed by atoms with Crippen molar-refractivity contribution in [2.24, 2.45) is 0 Å². The van der Waals surface area contributed by atoms with Crippen molar-refractivity contribution in [3.05, 3.63) is 249 Å². The molecule has 24 nitrogen and oxygen atoms in total. The van der Waals surface area contributed by atoms with E-state index in [1.54, 1.807) is 0 Å². The Labute approximate surface area is 692 Å². The molecule has 0 spiro atoms. The summed E-state index contributed by atoms with van der Waals surface area (Å²) in [6.07, 6.45) is 5.49. The third-order valence-electron chi connectivity index (χ3n) is 20.6. The lowest BCUT2D eigenvalue weighted by Crippen LogP contribution is -2.18. The number of hydrogen-bond acceptors (Lipinski definition) is 18. The third kappa shape index (κ3) is 22.7. The van der Waals surface area contributed by atoms with Crippen LogP contribution >= 0.6 is 0 Å². The molecular formula is C94H116N4O20. The molecule has 0 radical (unpaired) electrons. The number of aliphatic carboxylic acids is 2. The smallest absolute Gasteiger partial charge is 0.341 e. The van der Waals surface area contributed by atoms with Crippen LogP contribution in [0.1, 0.15) is 274 Å². The van der Waals surface area contributed by atoms with E-state index >= 15 is 0 Å². The maximum absolute atomic E-state index is 12.4. The minimum atomic E-state index is -1.36. The molecule has 632 valence electrons. The zero-order chi connectivity index (χ0) is 86.5. The SMILES string of the molecule is CCCOc1c2cc(C(C)(C)C)cc1Cc1cc(C(C)(C)C)cc(c1OCCC)Cc1cc(C(C)(C)C)cc(c1OCC(=O)O)Cc1cc(C(C)(C)C)cc(c1OCCC)C2.CCCOc1c2cc([N+](=O)[O-])cc1Cc1cc([N+](=O)[O-])cc(c1OCCC)Cc1cc([N+](=O)[O-])cc(c1OCC(=O)O)Cc1cc([N+](=O)[O-])cc(c1OCCC)C2. The van der Waals surface area contributed by atoms with E-state index in [2.05, 4.69) is 152 Å². The predicted molar refractivity (Wildman–Crippen MR) is 456 cm³/mol. The Morgan fingerprint density at radius 2 is 0.390 bits per heavy atom. The summed E-state index contributed by atoms with van der Waals surface area (Å²) >= 11 is 0. The molecule has 8 aromatic carbocycles. The van der Waals surface area contributed by atoms with E-state index in [0.29, 0.717) is 70.5 Å². The van der Waals surface area contributed by atoms with Crippen molar-refractivity contribution in [3.8, 4) is 46.0 Å². The maximum Gasteiger partial charge on any atom is 0.341 e.